The van der Waals surface area contributed by atoms with Crippen molar-refractivity contribution < 1.29 is 4.74 Å². The molecule has 1 aromatic rings. The predicted molar refractivity (Wildman–Crippen MR) is 58.6 cm³/mol. The van der Waals surface area contributed by atoms with E-state index in [-0.39, 0.29) is 5.41 Å². The SMILES string of the molecule is NCC1(C2(c3ccc[nH]3)COC2)CCC1. The van der Waals surface area contributed by atoms with E-state index in [2.05, 4.69) is 17.1 Å². The van der Waals surface area contributed by atoms with Crippen LogP contribution in [0.25, 0.3) is 0 Å². The first-order valence-electron chi connectivity index (χ1n) is 5.75. The van der Waals surface area contributed by atoms with Crippen molar-refractivity contribution in [2.45, 2.75) is 24.7 Å². The van der Waals surface area contributed by atoms with Crippen molar-refractivity contribution in [2.75, 3.05) is 19.8 Å². The second-order valence-corrected chi connectivity index (χ2v) is 5.00. The monoisotopic (exact) mass is 206 g/mol. The van der Waals surface area contributed by atoms with Gasteiger partial charge in [0, 0.05) is 11.9 Å². The van der Waals surface area contributed by atoms with Gasteiger partial charge in [0.25, 0.3) is 0 Å². The Morgan fingerprint density at radius 3 is 2.53 bits per heavy atom. The first-order valence-corrected chi connectivity index (χ1v) is 5.75. The summed E-state index contributed by atoms with van der Waals surface area (Å²) in [6, 6.07) is 4.25. The maximum Gasteiger partial charge on any atom is 0.0638 e. The number of aromatic amines is 1. The van der Waals surface area contributed by atoms with Crippen LogP contribution in [-0.2, 0) is 10.2 Å². The number of ether oxygens (including phenoxy) is 1. The first-order chi connectivity index (χ1) is 7.33. The van der Waals surface area contributed by atoms with Crippen LogP contribution in [-0.4, -0.2) is 24.7 Å². The molecule has 1 saturated heterocycles. The van der Waals surface area contributed by atoms with Gasteiger partial charge in [-0.3, -0.25) is 0 Å². The van der Waals surface area contributed by atoms with E-state index in [1.165, 1.54) is 25.0 Å². The molecule has 2 heterocycles. The summed E-state index contributed by atoms with van der Waals surface area (Å²) in [4.78, 5) is 3.35. The summed E-state index contributed by atoms with van der Waals surface area (Å²) < 4.78 is 5.47. The molecule has 0 aromatic carbocycles. The Balaban J connectivity index is 1.99. The van der Waals surface area contributed by atoms with Gasteiger partial charge in [0.1, 0.15) is 0 Å². The lowest BCUT2D eigenvalue weighted by Gasteiger charge is -2.59. The maximum absolute atomic E-state index is 6.00. The average Bonchev–Trinajstić information content (AvgIpc) is 2.60. The first kappa shape index (κ1) is 9.43. The van der Waals surface area contributed by atoms with Crippen LogP contribution in [0.3, 0.4) is 0 Å². The quantitative estimate of drug-likeness (QED) is 0.785. The van der Waals surface area contributed by atoms with Gasteiger partial charge in [0.05, 0.1) is 18.6 Å². The number of hydrogen-bond acceptors (Lipinski definition) is 2. The molecule has 1 aliphatic carbocycles. The minimum Gasteiger partial charge on any atom is -0.379 e. The Hall–Kier alpha value is -0.800. The van der Waals surface area contributed by atoms with E-state index < -0.39 is 0 Å². The second kappa shape index (κ2) is 3.09. The highest BCUT2D eigenvalue weighted by Crippen LogP contribution is 2.57. The molecule has 3 heteroatoms. The number of hydrogen-bond donors (Lipinski definition) is 2. The van der Waals surface area contributed by atoms with Gasteiger partial charge in [-0.05, 0) is 36.9 Å². The van der Waals surface area contributed by atoms with E-state index in [4.69, 9.17) is 10.5 Å². The summed E-state index contributed by atoms with van der Waals surface area (Å²) in [6.07, 6.45) is 5.83. The van der Waals surface area contributed by atoms with Crippen molar-refractivity contribution in [2.24, 2.45) is 11.1 Å². The second-order valence-electron chi connectivity index (χ2n) is 5.00. The molecule has 0 atom stereocenters. The van der Waals surface area contributed by atoms with Crippen LogP contribution < -0.4 is 5.73 Å². The summed E-state index contributed by atoms with van der Waals surface area (Å²) >= 11 is 0. The van der Waals surface area contributed by atoms with Gasteiger partial charge < -0.3 is 15.5 Å². The van der Waals surface area contributed by atoms with Crippen LogP contribution in [0, 0.1) is 5.41 Å². The fraction of sp³-hybridized carbons (Fsp3) is 0.667. The van der Waals surface area contributed by atoms with Gasteiger partial charge in [-0.1, -0.05) is 6.42 Å². The lowest BCUT2D eigenvalue weighted by atomic mass is 9.51. The van der Waals surface area contributed by atoms with Gasteiger partial charge in [-0.25, -0.2) is 0 Å². The fourth-order valence-corrected chi connectivity index (χ4v) is 3.16. The third-order valence-electron chi connectivity index (χ3n) is 4.53. The minimum absolute atomic E-state index is 0.184. The highest BCUT2D eigenvalue weighted by molar-refractivity contribution is 5.28. The number of nitrogens with two attached hydrogens (primary N) is 1. The number of nitrogens with one attached hydrogen (secondary N) is 1. The zero-order valence-electron chi connectivity index (χ0n) is 8.96. The van der Waals surface area contributed by atoms with E-state index in [9.17, 15) is 0 Å². The van der Waals surface area contributed by atoms with Crippen molar-refractivity contribution in [3.05, 3.63) is 24.0 Å². The molecule has 3 nitrogen and oxygen atoms in total. The Bertz CT molecular complexity index is 331. The molecule has 1 aliphatic heterocycles. The summed E-state index contributed by atoms with van der Waals surface area (Å²) in [5.41, 5.74) is 7.81. The molecule has 0 spiro atoms. The topological polar surface area (TPSA) is 51.0 Å². The zero-order valence-corrected chi connectivity index (χ0v) is 8.96. The summed E-state index contributed by atoms with van der Waals surface area (Å²) in [5.74, 6) is 0. The molecule has 0 bridgehead atoms. The van der Waals surface area contributed by atoms with E-state index in [0.717, 1.165) is 19.8 Å². The van der Waals surface area contributed by atoms with Crippen LogP contribution >= 0.6 is 0 Å². The smallest absolute Gasteiger partial charge is 0.0638 e. The van der Waals surface area contributed by atoms with Gasteiger partial charge in [-0.2, -0.15) is 0 Å². The van der Waals surface area contributed by atoms with Crippen molar-refractivity contribution in [3.8, 4) is 0 Å². The zero-order chi connectivity index (χ0) is 10.4. The summed E-state index contributed by atoms with van der Waals surface area (Å²) in [6.45, 7) is 2.46. The summed E-state index contributed by atoms with van der Waals surface area (Å²) in [5, 5.41) is 0. The van der Waals surface area contributed by atoms with Gasteiger partial charge in [0.15, 0.2) is 0 Å². The number of rotatable bonds is 3. The van der Waals surface area contributed by atoms with Crippen LogP contribution in [0.15, 0.2) is 18.3 Å². The van der Waals surface area contributed by atoms with Crippen molar-refractivity contribution in [1.82, 2.24) is 4.98 Å². The molecule has 3 rings (SSSR count). The number of aromatic nitrogens is 1. The molecule has 1 aromatic heterocycles. The van der Waals surface area contributed by atoms with E-state index in [0.29, 0.717) is 5.41 Å². The molecule has 0 radical (unpaired) electrons. The Morgan fingerprint density at radius 2 is 2.20 bits per heavy atom. The molecule has 2 aliphatic rings. The molecule has 1 saturated carbocycles. The molecule has 82 valence electrons. The van der Waals surface area contributed by atoms with Crippen LogP contribution in [0.4, 0.5) is 0 Å². The Kier molecular flexibility index (Phi) is 1.94. The highest BCUT2D eigenvalue weighted by Gasteiger charge is 2.59. The lowest BCUT2D eigenvalue weighted by molar-refractivity contribution is -0.155. The van der Waals surface area contributed by atoms with Crippen LogP contribution in [0.5, 0.6) is 0 Å². The minimum atomic E-state index is 0.184. The highest BCUT2D eigenvalue weighted by atomic mass is 16.5. The number of H-pyrrole nitrogens is 1. The van der Waals surface area contributed by atoms with Gasteiger partial charge in [0.2, 0.25) is 0 Å². The average molecular weight is 206 g/mol. The largest absolute Gasteiger partial charge is 0.379 e. The summed E-state index contributed by atoms with van der Waals surface area (Å²) in [7, 11) is 0. The predicted octanol–water partition coefficient (Wildman–Crippen LogP) is 1.41. The van der Waals surface area contributed by atoms with Crippen LogP contribution in [0.2, 0.25) is 0 Å². The standard InChI is InChI=1S/C12H18N2O/c13-7-11(4-2-5-11)12(8-15-9-12)10-3-1-6-14-10/h1,3,6,14H,2,4-5,7-9,13H2. The molecular weight excluding hydrogens is 188 g/mol. The van der Waals surface area contributed by atoms with E-state index in [1.807, 2.05) is 6.20 Å². The van der Waals surface area contributed by atoms with E-state index in [1.54, 1.807) is 0 Å². The molecule has 0 unspecified atom stereocenters. The third-order valence-corrected chi connectivity index (χ3v) is 4.53. The van der Waals surface area contributed by atoms with E-state index >= 15 is 0 Å². The molecule has 15 heavy (non-hydrogen) atoms. The van der Waals surface area contributed by atoms with Gasteiger partial charge >= 0.3 is 0 Å². The fourth-order valence-electron chi connectivity index (χ4n) is 3.16. The normalized spacial score (nSPS) is 26.7. The van der Waals surface area contributed by atoms with Crippen molar-refractivity contribution in [1.29, 1.82) is 0 Å². The maximum atomic E-state index is 6.00. The molecule has 2 fully saturated rings. The van der Waals surface area contributed by atoms with Crippen molar-refractivity contribution in [3.63, 3.8) is 0 Å². The molecular formula is C12H18N2O. The lowest BCUT2D eigenvalue weighted by Crippen LogP contribution is -2.64. The third kappa shape index (κ3) is 1.02. The molecule has 3 N–H and O–H groups in total. The Morgan fingerprint density at radius 1 is 1.40 bits per heavy atom. The van der Waals surface area contributed by atoms with Crippen molar-refractivity contribution >= 4 is 0 Å². The molecule has 0 amide bonds. The Labute approximate surface area is 90.0 Å². The van der Waals surface area contributed by atoms with Gasteiger partial charge in [-0.15, -0.1) is 0 Å². The van der Waals surface area contributed by atoms with Crippen LogP contribution in [0.1, 0.15) is 25.0 Å².